The predicted molar refractivity (Wildman–Crippen MR) is 164 cm³/mol. The van der Waals surface area contributed by atoms with E-state index in [2.05, 4.69) is 43.4 Å². The molecular weight excluding hydrogens is 523 g/mol. The summed E-state index contributed by atoms with van der Waals surface area (Å²) in [5, 5.41) is 12.7. The van der Waals surface area contributed by atoms with E-state index in [4.69, 9.17) is 9.72 Å². The highest BCUT2D eigenvalue weighted by Crippen LogP contribution is 2.35. The molecular formula is C30H45N6O3P. The molecule has 218 valence electrons. The van der Waals surface area contributed by atoms with E-state index in [0.29, 0.717) is 17.3 Å². The van der Waals surface area contributed by atoms with Crippen LogP contribution in [-0.2, 0) is 15.8 Å². The summed E-state index contributed by atoms with van der Waals surface area (Å²) in [7, 11) is -2.48. The highest BCUT2D eigenvalue weighted by Gasteiger charge is 2.30. The molecule has 40 heavy (non-hydrogen) atoms. The Morgan fingerprint density at radius 2 is 2.00 bits per heavy atom. The average molecular weight is 569 g/mol. The van der Waals surface area contributed by atoms with E-state index in [1.807, 2.05) is 57.3 Å². The van der Waals surface area contributed by atoms with Crippen molar-refractivity contribution in [1.82, 2.24) is 19.9 Å². The standard InChI is InChI=1S/C30H45N6O3P/c1-20(2)24-18-32-36-26(16-25(34-27(24)36)33-22-13-14-30(6,7)31-17-22)35(28(37)39-29(3,4)5)19-21-11-10-12-23(15-21)40(8,9)38/h10-12,15-16,18,20,22,31H,13-14,17,19H2,1-9H3,(H,33,34). The van der Waals surface area contributed by atoms with Crippen LogP contribution in [0.4, 0.5) is 16.4 Å². The molecule has 3 heterocycles. The molecule has 0 bridgehead atoms. The molecule has 1 amide bonds. The molecule has 0 radical (unpaired) electrons. The first-order valence-electron chi connectivity index (χ1n) is 14.1. The molecule has 1 fully saturated rings. The lowest BCUT2D eigenvalue weighted by Gasteiger charge is -2.36. The van der Waals surface area contributed by atoms with Gasteiger partial charge in [0.25, 0.3) is 0 Å². The van der Waals surface area contributed by atoms with Crippen molar-refractivity contribution in [3.05, 3.63) is 47.7 Å². The Morgan fingerprint density at radius 3 is 2.60 bits per heavy atom. The molecule has 1 aliphatic rings. The van der Waals surface area contributed by atoms with Crippen LogP contribution in [0.2, 0.25) is 0 Å². The van der Waals surface area contributed by atoms with Gasteiger partial charge in [-0.05, 0) is 78.3 Å². The van der Waals surface area contributed by atoms with Gasteiger partial charge in [-0.3, -0.25) is 4.90 Å². The number of carbonyl (C=O) groups excluding carboxylic acids is 1. The average Bonchev–Trinajstić information content (AvgIpc) is 3.26. The maximum absolute atomic E-state index is 13.8. The SMILES string of the molecule is CC(C)c1cnn2c(N(Cc3cccc(P(C)(C)=O)c3)C(=O)OC(C)(C)C)cc(NC3CCC(C)(C)NC3)nc12. The smallest absolute Gasteiger partial charge is 0.416 e. The van der Waals surface area contributed by atoms with Crippen LogP contribution in [0.5, 0.6) is 0 Å². The summed E-state index contributed by atoms with van der Waals surface area (Å²) in [6.07, 6.45) is 3.39. The van der Waals surface area contributed by atoms with Gasteiger partial charge < -0.3 is 19.9 Å². The van der Waals surface area contributed by atoms with E-state index in [1.54, 1.807) is 22.7 Å². The number of nitrogens with one attached hydrogen (secondary N) is 2. The molecule has 1 saturated heterocycles. The lowest BCUT2D eigenvalue weighted by Crippen LogP contribution is -2.50. The van der Waals surface area contributed by atoms with Crippen molar-refractivity contribution < 1.29 is 14.1 Å². The summed E-state index contributed by atoms with van der Waals surface area (Å²) in [6, 6.07) is 9.68. The van der Waals surface area contributed by atoms with Crippen LogP contribution >= 0.6 is 7.14 Å². The first kappa shape index (κ1) is 30.1. The van der Waals surface area contributed by atoms with Crippen molar-refractivity contribution in [3.8, 4) is 0 Å². The number of carbonyl (C=O) groups is 1. The number of nitrogens with zero attached hydrogens (tertiary/aromatic N) is 4. The van der Waals surface area contributed by atoms with Crippen LogP contribution in [-0.4, -0.2) is 57.7 Å². The van der Waals surface area contributed by atoms with E-state index < -0.39 is 18.8 Å². The number of rotatable bonds is 7. The summed E-state index contributed by atoms with van der Waals surface area (Å²) >= 11 is 0. The van der Waals surface area contributed by atoms with Crippen LogP contribution in [0, 0.1) is 0 Å². The monoisotopic (exact) mass is 568 g/mol. The third-order valence-electron chi connectivity index (χ3n) is 7.16. The van der Waals surface area contributed by atoms with Gasteiger partial charge in [0.05, 0.1) is 12.7 Å². The number of hydrogen-bond acceptors (Lipinski definition) is 7. The minimum atomic E-state index is -2.48. The highest BCUT2D eigenvalue weighted by molar-refractivity contribution is 7.70. The van der Waals surface area contributed by atoms with Gasteiger partial charge in [0.1, 0.15) is 24.4 Å². The Labute approximate surface area is 238 Å². The Morgan fingerprint density at radius 1 is 1.27 bits per heavy atom. The normalized spacial score (nSPS) is 17.7. The number of hydrogen-bond donors (Lipinski definition) is 2. The maximum atomic E-state index is 13.8. The van der Waals surface area contributed by atoms with Gasteiger partial charge >= 0.3 is 6.09 Å². The molecule has 1 unspecified atom stereocenters. The molecule has 10 heteroatoms. The predicted octanol–water partition coefficient (Wildman–Crippen LogP) is 5.98. The van der Waals surface area contributed by atoms with Crippen molar-refractivity contribution in [2.45, 2.75) is 91.0 Å². The van der Waals surface area contributed by atoms with E-state index in [0.717, 1.165) is 35.8 Å². The fraction of sp³-hybridized carbons (Fsp3) is 0.567. The van der Waals surface area contributed by atoms with Crippen LogP contribution in [0.15, 0.2) is 36.5 Å². The lowest BCUT2D eigenvalue weighted by molar-refractivity contribution is 0.0575. The molecule has 2 aromatic heterocycles. The molecule has 9 nitrogen and oxygen atoms in total. The quantitative estimate of drug-likeness (QED) is 0.338. The van der Waals surface area contributed by atoms with Crippen LogP contribution in [0.3, 0.4) is 0 Å². The number of ether oxygens (including phenoxy) is 1. The molecule has 1 aliphatic heterocycles. The third kappa shape index (κ3) is 7.24. The topological polar surface area (TPSA) is 101 Å². The van der Waals surface area contributed by atoms with E-state index in [9.17, 15) is 9.36 Å². The van der Waals surface area contributed by atoms with Gasteiger partial charge in [-0.25, -0.2) is 9.78 Å². The van der Waals surface area contributed by atoms with Crippen molar-refractivity contribution >= 4 is 35.8 Å². The number of fused-ring (bicyclic) bond motifs is 1. The summed E-state index contributed by atoms with van der Waals surface area (Å²) in [4.78, 5) is 20.3. The largest absolute Gasteiger partial charge is 0.443 e. The van der Waals surface area contributed by atoms with E-state index in [1.165, 1.54) is 0 Å². The number of anilines is 2. The fourth-order valence-corrected chi connectivity index (χ4v) is 5.75. The van der Waals surface area contributed by atoms with Crippen molar-refractivity contribution in [1.29, 1.82) is 0 Å². The summed E-state index contributed by atoms with van der Waals surface area (Å²) in [5.74, 6) is 1.44. The summed E-state index contributed by atoms with van der Waals surface area (Å²) in [5.41, 5.74) is 1.97. The Bertz CT molecular complexity index is 1410. The number of amides is 1. The zero-order valence-electron chi connectivity index (χ0n) is 25.4. The Balaban J connectivity index is 1.81. The molecule has 2 N–H and O–H groups in total. The zero-order valence-corrected chi connectivity index (χ0v) is 26.3. The summed E-state index contributed by atoms with van der Waals surface area (Å²) in [6.45, 7) is 18.8. The first-order chi connectivity index (χ1) is 18.5. The van der Waals surface area contributed by atoms with Gasteiger partial charge in [-0.1, -0.05) is 32.0 Å². The molecule has 1 atom stereocenters. The van der Waals surface area contributed by atoms with Gasteiger partial charge in [-0.2, -0.15) is 9.61 Å². The minimum absolute atomic E-state index is 0.111. The van der Waals surface area contributed by atoms with Crippen LogP contribution in [0.1, 0.15) is 78.4 Å². The van der Waals surface area contributed by atoms with Crippen LogP contribution < -0.4 is 20.8 Å². The molecule has 0 spiro atoms. The lowest BCUT2D eigenvalue weighted by atomic mass is 9.91. The number of piperidine rings is 1. The molecule has 4 rings (SSSR count). The molecule has 3 aromatic rings. The fourth-order valence-electron chi connectivity index (χ4n) is 4.82. The highest BCUT2D eigenvalue weighted by atomic mass is 31.2. The van der Waals surface area contributed by atoms with E-state index >= 15 is 0 Å². The number of benzene rings is 1. The zero-order chi connectivity index (χ0) is 29.5. The van der Waals surface area contributed by atoms with E-state index in [-0.39, 0.29) is 24.0 Å². The van der Waals surface area contributed by atoms with Gasteiger partial charge in [-0.15, -0.1) is 0 Å². The second kappa shape index (κ2) is 11.2. The second-order valence-electron chi connectivity index (χ2n) is 13.2. The Hall–Kier alpha value is -2.90. The summed E-state index contributed by atoms with van der Waals surface area (Å²) < 4.78 is 20.4. The second-order valence-corrected chi connectivity index (χ2v) is 16.4. The first-order valence-corrected chi connectivity index (χ1v) is 16.7. The molecule has 1 aromatic carbocycles. The van der Waals surface area contributed by atoms with Crippen molar-refractivity contribution in [2.75, 3.05) is 30.1 Å². The van der Waals surface area contributed by atoms with Crippen LogP contribution in [0.25, 0.3) is 5.65 Å². The van der Waals surface area contributed by atoms with Crippen molar-refractivity contribution in [2.24, 2.45) is 0 Å². The number of aromatic nitrogens is 3. The molecule has 0 saturated carbocycles. The minimum Gasteiger partial charge on any atom is -0.443 e. The van der Waals surface area contributed by atoms with Gasteiger partial charge in [0.15, 0.2) is 5.65 Å². The van der Waals surface area contributed by atoms with Crippen molar-refractivity contribution in [3.63, 3.8) is 0 Å². The third-order valence-corrected chi connectivity index (χ3v) is 8.68. The molecule has 0 aliphatic carbocycles. The maximum Gasteiger partial charge on any atom is 0.416 e. The Kier molecular flexibility index (Phi) is 8.40. The van der Waals surface area contributed by atoms with Gasteiger partial charge in [0, 0.05) is 35.1 Å². The van der Waals surface area contributed by atoms with Gasteiger partial charge in [0.2, 0.25) is 0 Å².